The molecule has 0 N–H and O–H groups in total. The summed E-state index contributed by atoms with van der Waals surface area (Å²) in [5.74, 6) is 0.960. The molecule has 0 spiro atoms. The maximum atomic E-state index is 11.1. The highest BCUT2D eigenvalue weighted by molar-refractivity contribution is 5.84. The standard InChI is InChI=1S/C12H20N4O/c1-9-11(8-17)12(15(4)13-9)16-6-5-10(7-16)14(2)3/h8,10H,5-7H2,1-4H3. The molecule has 0 saturated carbocycles. The number of aryl methyl sites for hydroxylation is 2. The Balaban J connectivity index is 2.27. The Hall–Kier alpha value is -1.36. The van der Waals surface area contributed by atoms with Gasteiger partial charge in [-0.05, 0) is 27.4 Å². The summed E-state index contributed by atoms with van der Waals surface area (Å²) >= 11 is 0. The number of anilines is 1. The van der Waals surface area contributed by atoms with Crippen molar-refractivity contribution in [2.24, 2.45) is 7.05 Å². The lowest BCUT2D eigenvalue weighted by atomic mass is 10.2. The van der Waals surface area contributed by atoms with Gasteiger partial charge in [-0.1, -0.05) is 0 Å². The second-order valence-corrected chi connectivity index (χ2v) is 4.92. The van der Waals surface area contributed by atoms with Crippen molar-refractivity contribution in [2.45, 2.75) is 19.4 Å². The van der Waals surface area contributed by atoms with Crippen LogP contribution in [0.15, 0.2) is 0 Å². The van der Waals surface area contributed by atoms with Crippen LogP contribution in [-0.4, -0.2) is 54.2 Å². The third-order valence-corrected chi connectivity index (χ3v) is 3.55. The van der Waals surface area contributed by atoms with Crippen LogP contribution in [0.3, 0.4) is 0 Å². The Morgan fingerprint density at radius 3 is 2.71 bits per heavy atom. The number of nitrogens with zero attached hydrogens (tertiary/aromatic N) is 4. The molecule has 5 nitrogen and oxygen atoms in total. The summed E-state index contributed by atoms with van der Waals surface area (Å²) in [7, 11) is 6.10. The molecular weight excluding hydrogens is 216 g/mol. The average Bonchev–Trinajstić information content (AvgIpc) is 2.82. The van der Waals surface area contributed by atoms with Crippen LogP contribution in [0, 0.1) is 6.92 Å². The minimum Gasteiger partial charge on any atom is -0.355 e. The van der Waals surface area contributed by atoms with Crippen LogP contribution < -0.4 is 4.90 Å². The summed E-state index contributed by atoms with van der Waals surface area (Å²) in [4.78, 5) is 15.6. The monoisotopic (exact) mass is 236 g/mol. The largest absolute Gasteiger partial charge is 0.355 e. The molecule has 1 aliphatic heterocycles. The third-order valence-electron chi connectivity index (χ3n) is 3.55. The van der Waals surface area contributed by atoms with Crippen LogP contribution in [0.2, 0.25) is 0 Å². The first-order valence-corrected chi connectivity index (χ1v) is 5.94. The molecule has 2 heterocycles. The molecule has 1 saturated heterocycles. The summed E-state index contributed by atoms with van der Waals surface area (Å²) in [6, 6.07) is 0.560. The van der Waals surface area contributed by atoms with E-state index in [0.717, 1.165) is 42.9 Å². The Morgan fingerprint density at radius 1 is 1.47 bits per heavy atom. The summed E-state index contributed by atoms with van der Waals surface area (Å²) < 4.78 is 1.82. The minimum absolute atomic E-state index is 0.560. The third kappa shape index (κ3) is 2.07. The normalized spacial score (nSPS) is 20.3. The van der Waals surface area contributed by atoms with E-state index in [-0.39, 0.29) is 0 Å². The van der Waals surface area contributed by atoms with E-state index in [0.29, 0.717) is 6.04 Å². The SMILES string of the molecule is Cc1nn(C)c(N2CCC(N(C)C)C2)c1C=O. The maximum absolute atomic E-state index is 11.1. The first-order valence-electron chi connectivity index (χ1n) is 5.94. The van der Waals surface area contributed by atoms with Crippen molar-refractivity contribution >= 4 is 12.1 Å². The molecule has 1 fully saturated rings. The van der Waals surface area contributed by atoms with Crippen LogP contribution in [0.5, 0.6) is 0 Å². The lowest BCUT2D eigenvalue weighted by molar-refractivity contribution is 0.112. The average molecular weight is 236 g/mol. The highest BCUT2D eigenvalue weighted by Gasteiger charge is 2.28. The highest BCUT2D eigenvalue weighted by Crippen LogP contribution is 2.26. The molecule has 0 radical (unpaired) electrons. The molecule has 1 aromatic heterocycles. The van der Waals surface area contributed by atoms with E-state index in [4.69, 9.17) is 0 Å². The molecule has 5 heteroatoms. The van der Waals surface area contributed by atoms with E-state index < -0.39 is 0 Å². The van der Waals surface area contributed by atoms with Gasteiger partial charge in [0, 0.05) is 26.2 Å². The quantitative estimate of drug-likeness (QED) is 0.724. The second-order valence-electron chi connectivity index (χ2n) is 4.92. The van der Waals surface area contributed by atoms with Crippen LogP contribution in [-0.2, 0) is 7.05 Å². The Bertz CT molecular complexity index is 424. The molecular formula is C12H20N4O. The van der Waals surface area contributed by atoms with Crippen molar-refractivity contribution in [3.63, 3.8) is 0 Å². The highest BCUT2D eigenvalue weighted by atomic mass is 16.1. The first kappa shape index (κ1) is 12.1. The van der Waals surface area contributed by atoms with Gasteiger partial charge < -0.3 is 9.80 Å². The lowest BCUT2D eigenvalue weighted by Gasteiger charge is -2.22. The molecule has 1 atom stereocenters. The van der Waals surface area contributed by atoms with Crippen molar-refractivity contribution in [1.29, 1.82) is 0 Å². The molecule has 1 aromatic rings. The Kier molecular flexibility index (Phi) is 3.19. The molecule has 0 bridgehead atoms. The lowest BCUT2D eigenvalue weighted by Crippen LogP contribution is -2.32. The van der Waals surface area contributed by atoms with Crippen LogP contribution in [0.4, 0.5) is 5.82 Å². The predicted octanol–water partition coefficient (Wildman–Crippen LogP) is 0.681. The zero-order valence-corrected chi connectivity index (χ0v) is 11.0. The van der Waals surface area contributed by atoms with Gasteiger partial charge in [-0.2, -0.15) is 5.10 Å². The van der Waals surface area contributed by atoms with Gasteiger partial charge in [-0.3, -0.25) is 9.48 Å². The number of aldehydes is 1. The molecule has 1 aliphatic rings. The zero-order chi connectivity index (χ0) is 12.6. The Labute approximate surface area is 102 Å². The first-order chi connectivity index (χ1) is 8.04. The summed E-state index contributed by atoms with van der Waals surface area (Å²) in [6.07, 6.45) is 2.05. The number of aromatic nitrogens is 2. The van der Waals surface area contributed by atoms with E-state index >= 15 is 0 Å². The van der Waals surface area contributed by atoms with Crippen LogP contribution >= 0.6 is 0 Å². The van der Waals surface area contributed by atoms with Gasteiger partial charge in [0.1, 0.15) is 5.82 Å². The van der Waals surface area contributed by atoms with E-state index in [1.54, 1.807) is 0 Å². The van der Waals surface area contributed by atoms with Gasteiger partial charge in [0.05, 0.1) is 11.3 Å². The fourth-order valence-electron chi connectivity index (χ4n) is 2.53. The van der Waals surface area contributed by atoms with E-state index in [2.05, 4.69) is 29.0 Å². The van der Waals surface area contributed by atoms with E-state index in [9.17, 15) is 4.79 Å². The van der Waals surface area contributed by atoms with E-state index in [1.165, 1.54) is 0 Å². The van der Waals surface area contributed by atoms with Crippen LogP contribution in [0.25, 0.3) is 0 Å². The molecule has 0 aromatic carbocycles. The molecule has 17 heavy (non-hydrogen) atoms. The van der Waals surface area contributed by atoms with Gasteiger partial charge in [0.25, 0.3) is 0 Å². The number of hydrogen-bond acceptors (Lipinski definition) is 4. The predicted molar refractivity (Wildman–Crippen MR) is 67.6 cm³/mol. The number of carbonyl (C=O) groups excluding carboxylic acids is 1. The summed E-state index contributed by atoms with van der Waals surface area (Å²) in [6.45, 7) is 3.84. The minimum atomic E-state index is 0.560. The smallest absolute Gasteiger partial charge is 0.155 e. The Morgan fingerprint density at radius 2 is 2.18 bits per heavy atom. The van der Waals surface area contributed by atoms with Gasteiger partial charge in [0.2, 0.25) is 0 Å². The summed E-state index contributed by atoms with van der Waals surface area (Å²) in [5.41, 5.74) is 1.54. The number of rotatable bonds is 3. The van der Waals surface area contributed by atoms with Crippen molar-refractivity contribution < 1.29 is 4.79 Å². The van der Waals surface area contributed by atoms with Crippen molar-refractivity contribution in [1.82, 2.24) is 14.7 Å². The fourth-order valence-corrected chi connectivity index (χ4v) is 2.53. The fraction of sp³-hybridized carbons (Fsp3) is 0.667. The molecule has 0 aliphatic carbocycles. The van der Waals surface area contributed by atoms with Crippen molar-refractivity contribution in [2.75, 3.05) is 32.1 Å². The van der Waals surface area contributed by atoms with Crippen molar-refractivity contribution in [3.8, 4) is 0 Å². The van der Waals surface area contributed by atoms with Gasteiger partial charge in [-0.25, -0.2) is 0 Å². The molecule has 0 amide bonds. The molecule has 94 valence electrons. The molecule has 2 rings (SSSR count). The van der Waals surface area contributed by atoms with Gasteiger partial charge in [0.15, 0.2) is 6.29 Å². The van der Waals surface area contributed by atoms with E-state index in [1.807, 2.05) is 18.7 Å². The number of carbonyl (C=O) groups is 1. The maximum Gasteiger partial charge on any atom is 0.155 e. The molecule has 1 unspecified atom stereocenters. The topological polar surface area (TPSA) is 41.4 Å². The zero-order valence-electron chi connectivity index (χ0n) is 11.0. The number of likely N-dealkylation sites (N-methyl/N-ethyl adjacent to an activating group) is 1. The van der Waals surface area contributed by atoms with Crippen LogP contribution in [0.1, 0.15) is 22.5 Å². The number of hydrogen-bond donors (Lipinski definition) is 0. The second kappa shape index (κ2) is 4.49. The van der Waals surface area contributed by atoms with Crippen molar-refractivity contribution in [3.05, 3.63) is 11.3 Å². The van der Waals surface area contributed by atoms with Gasteiger partial charge in [-0.15, -0.1) is 0 Å². The van der Waals surface area contributed by atoms with Gasteiger partial charge >= 0.3 is 0 Å². The summed E-state index contributed by atoms with van der Waals surface area (Å²) in [5, 5.41) is 4.33.